The molecule has 0 bridgehead atoms. The van der Waals surface area contributed by atoms with Crippen molar-refractivity contribution < 1.29 is 22.7 Å². The van der Waals surface area contributed by atoms with Crippen LogP contribution in [0.2, 0.25) is 10.0 Å². The molecule has 0 saturated heterocycles. The highest BCUT2D eigenvalue weighted by Gasteiger charge is 2.21. The van der Waals surface area contributed by atoms with Gasteiger partial charge in [0.25, 0.3) is 5.91 Å². The maximum atomic E-state index is 12.7. The molecule has 3 aromatic rings. The number of carbonyl (C=O) groups excluding carboxylic acids is 2. The molecule has 0 aliphatic rings. The fourth-order valence-electron chi connectivity index (χ4n) is 3.29. The lowest BCUT2D eigenvalue weighted by Crippen LogP contribution is -2.29. The molecule has 3 aromatic carbocycles. The number of rotatable bonds is 10. The van der Waals surface area contributed by atoms with E-state index in [1.807, 2.05) is 6.92 Å². The fraction of sp³-hybridized carbons (Fsp3) is 0.231. The summed E-state index contributed by atoms with van der Waals surface area (Å²) in [6.07, 6.45) is 2.82. The largest absolute Gasteiger partial charge is 0.462 e. The van der Waals surface area contributed by atoms with Crippen molar-refractivity contribution >= 4 is 56.5 Å². The third kappa shape index (κ3) is 7.22. The quantitative estimate of drug-likeness (QED) is 0.241. The Kier molecular flexibility index (Phi) is 9.37. The van der Waals surface area contributed by atoms with Gasteiger partial charge < -0.3 is 10.1 Å². The molecule has 190 valence electrons. The summed E-state index contributed by atoms with van der Waals surface area (Å²) in [6.45, 7) is 2.32. The predicted molar refractivity (Wildman–Crippen MR) is 144 cm³/mol. The van der Waals surface area contributed by atoms with E-state index in [1.54, 1.807) is 42.5 Å². The minimum absolute atomic E-state index is 0.0594. The molecular weight excluding hydrogens is 523 g/mol. The summed E-state index contributed by atoms with van der Waals surface area (Å²) in [5.41, 5.74) is 2.06. The van der Waals surface area contributed by atoms with E-state index in [9.17, 15) is 18.0 Å². The van der Waals surface area contributed by atoms with Gasteiger partial charge in [0.15, 0.2) is 0 Å². The van der Waals surface area contributed by atoms with Crippen LogP contribution >= 0.6 is 23.2 Å². The SMILES string of the molecule is CCCCOC(=O)c1ccc(NC(=O)c2ccc(N(Cc3c(Cl)cccc3Cl)S(C)(=O)=O)cc2)cc1. The Morgan fingerprint density at radius 2 is 1.50 bits per heavy atom. The minimum atomic E-state index is -3.67. The fourth-order valence-corrected chi connectivity index (χ4v) is 4.68. The first kappa shape index (κ1) is 27.5. The van der Waals surface area contributed by atoms with E-state index in [0.717, 1.165) is 19.1 Å². The molecule has 0 heterocycles. The monoisotopic (exact) mass is 548 g/mol. The molecule has 36 heavy (non-hydrogen) atoms. The van der Waals surface area contributed by atoms with Crippen LogP contribution in [0.15, 0.2) is 66.7 Å². The van der Waals surface area contributed by atoms with Crippen molar-refractivity contribution in [2.24, 2.45) is 0 Å². The third-order valence-corrected chi connectivity index (χ3v) is 7.14. The molecule has 0 saturated carbocycles. The van der Waals surface area contributed by atoms with Crippen molar-refractivity contribution in [2.75, 3.05) is 22.5 Å². The van der Waals surface area contributed by atoms with Crippen LogP contribution in [0.4, 0.5) is 11.4 Å². The molecule has 3 rings (SSSR count). The molecular formula is C26H26Cl2N2O5S. The molecule has 0 radical (unpaired) electrons. The molecule has 0 aliphatic heterocycles. The number of sulfonamides is 1. The van der Waals surface area contributed by atoms with Crippen LogP contribution in [0, 0.1) is 0 Å². The zero-order valence-electron chi connectivity index (χ0n) is 19.8. The maximum Gasteiger partial charge on any atom is 0.338 e. The van der Waals surface area contributed by atoms with Gasteiger partial charge in [-0.3, -0.25) is 9.10 Å². The summed E-state index contributed by atoms with van der Waals surface area (Å²) < 4.78 is 31.3. The van der Waals surface area contributed by atoms with E-state index in [-0.39, 0.29) is 12.5 Å². The van der Waals surface area contributed by atoms with Gasteiger partial charge in [-0.1, -0.05) is 42.6 Å². The van der Waals surface area contributed by atoms with Gasteiger partial charge in [-0.15, -0.1) is 0 Å². The van der Waals surface area contributed by atoms with Crippen molar-refractivity contribution in [3.8, 4) is 0 Å². The van der Waals surface area contributed by atoms with Gasteiger partial charge in [0, 0.05) is 26.9 Å². The molecule has 1 N–H and O–H groups in total. The van der Waals surface area contributed by atoms with Crippen molar-refractivity contribution in [1.82, 2.24) is 0 Å². The average Bonchev–Trinajstić information content (AvgIpc) is 2.84. The molecule has 10 heteroatoms. The summed E-state index contributed by atoms with van der Waals surface area (Å²) in [5.74, 6) is -0.801. The highest BCUT2D eigenvalue weighted by Crippen LogP contribution is 2.29. The van der Waals surface area contributed by atoms with Gasteiger partial charge >= 0.3 is 5.97 Å². The number of hydrogen-bond acceptors (Lipinski definition) is 5. The number of nitrogens with zero attached hydrogens (tertiary/aromatic N) is 1. The summed E-state index contributed by atoms with van der Waals surface area (Å²) in [4.78, 5) is 24.7. The Hall–Kier alpha value is -3.07. The molecule has 0 fully saturated rings. The van der Waals surface area contributed by atoms with E-state index >= 15 is 0 Å². The Labute approximate surface area is 221 Å². The van der Waals surface area contributed by atoms with Crippen molar-refractivity contribution in [3.05, 3.63) is 93.5 Å². The normalized spacial score (nSPS) is 11.1. The number of amides is 1. The summed E-state index contributed by atoms with van der Waals surface area (Å²) in [7, 11) is -3.67. The first-order valence-corrected chi connectivity index (χ1v) is 13.8. The standard InChI is InChI=1S/C26H26Cl2N2O5S/c1-3-4-16-35-26(32)19-8-12-20(13-9-19)29-25(31)18-10-14-21(15-11-18)30(36(2,33)34)17-22-23(27)6-5-7-24(22)28/h5-15H,3-4,16-17H2,1-2H3,(H,29,31). The molecule has 0 spiro atoms. The topological polar surface area (TPSA) is 92.8 Å². The van der Waals surface area contributed by atoms with Crippen LogP contribution in [0.5, 0.6) is 0 Å². The van der Waals surface area contributed by atoms with E-state index in [1.165, 1.54) is 28.6 Å². The van der Waals surface area contributed by atoms with E-state index < -0.39 is 16.0 Å². The van der Waals surface area contributed by atoms with Crippen LogP contribution in [-0.2, 0) is 21.3 Å². The second kappa shape index (κ2) is 12.3. The average molecular weight is 549 g/mol. The third-order valence-electron chi connectivity index (χ3n) is 5.29. The highest BCUT2D eigenvalue weighted by atomic mass is 35.5. The number of esters is 1. The van der Waals surface area contributed by atoms with Gasteiger partial charge in [-0.25, -0.2) is 13.2 Å². The lowest BCUT2D eigenvalue weighted by molar-refractivity contribution is 0.0499. The van der Waals surface area contributed by atoms with Crippen LogP contribution in [-0.4, -0.2) is 33.2 Å². The van der Waals surface area contributed by atoms with Crippen LogP contribution < -0.4 is 9.62 Å². The molecule has 0 aromatic heterocycles. The summed E-state index contributed by atoms with van der Waals surface area (Å²) in [6, 6.07) is 17.5. The Balaban J connectivity index is 1.71. The van der Waals surface area contributed by atoms with Gasteiger partial charge in [0.05, 0.1) is 30.7 Å². The molecule has 1 amide bonds. The zero-order chi connectivity index (χ0) is 26.3. The van der Waals surface area contributed by atoms with E-state index in [4.69, 9.17) is 27.9 Å². The van der Waals surface area contributed by atoms with Crippen molar-refractivity contribution in [3.63, 3.8) is 0 Å². The predicted octanol–water partition coefficient (Wildman–Crippen LogP) is 6.17. The molecule has 0 unspecified atom stereocenters. The van der Waals surface area contributed by atoms with Gasteiger partial charge in [0.2, 0.25) is 10.0 Å². The molecule has 0 atom stereocenters. The lowest BCUT2D eigenvalue weighted by atomic mass is 10.1. The van der Waals surface area contributed by atoms with E-state index in [2.05, 4.69) is 5.32 Å². The second-order valence-corrected chi connectivity index (χ2v) is 10.8. The number of anilines is 2. The highest BCUT2D eigenvalue weighted by molar-refractivity contribution is 7.92. The molecule has 0 aliphatic carbocycles. The van der Waals surface area contributed by atoms with Crippen molar-refractivity contribution in [1.29, 1.82) is 0 Å². The van der Waals surface area contributed by atoms with Crippen LogP contribution in [0.25, 0.3) is 0 Å². The number of carbonyl (C=O) groups is 2. The number of benzene rings is 3. The van der Waals surface area contributed by atoms with Crippen molar-refractivity contribution in [2.45, 2.75) is 26.3 Å². The van der Waals surface area contributed by atoms with Gasteiger partial charge in [-0.2, -0.15) is 0 Å². The molecule has 7 nitrogen and oxygen atoms in total. The van der Waals surface area contributed by atoms with E-state index in [0.29, 0.717) is 44.7 Å². The number of nitrogens with one attached hydrogen (secondary N) is 1. The number of halogens is 2. The Morgan fingerprint density at radius 3 is 2.06 bits per heavy atom. The van der Waals surface area contributed by atoms with Gasteiger partial charge in [-0.05, 0) is 67.1 Å². The van der Waals surface area contributed by atoms with Gasteiger partial charge in [0.1, 0.15) is 0 Å². The van der Waals surface area contributed by atoms with Crippen LogP contribution in [0.3, 0.4) is 0 Å². The lowest BCUT2D eigenvalue weighted by Gasteiger charge is -2.23. The Bertz CT molecular complexity index is 1310. The van der Waals surface area contributed by atoms with Crippen LogP contribution in [0.1, 0.15) is 46.0 Å². The zero-order valence-corrected chi connectivity index (χ0v) is 22.2. The second-order valence-electron chi connectivity index (χ2n) is 8.04. The summed E-state index contributed by atoms with van der Waals surface area (Å²) >= 11 is 12.5. The number of hydrogen-bond donors (Lipinski definition) is 1. The number of unbranched alkanes of at least 4 members (excludes halogenated alkanes) is 1. The first-order chi connectivity index (χ1) is 17.1. The first-order valence-electron chi connectivity index (χ1n) is 11.2. The maximum absolute atomic E-state index is 12.7. The minimum Gasteiger partial charge on any atom is -0.462 e. The summed E-state index contributed by atoms with van der Waals surface area (Å²) in [5, 5.41) is 3.46. The smallest absolute Gasteiger partial charge is 0.338 e. The number of ether oxygens (including phenoxy) is 1. The Morgan fingerprint density at radius 1 is 0.917 bits per heavy atom.